The van der Waals surface area contributed by atoms with Gasteiger partial charge in [-0.2, -0.15) is 0 Å². The highest BCUT2D eigenvalue weighted by molar-refractivity contribution is 4.48. The first-order valence-electron chi connectivity index (χ1n) is 4.22. The van der Waals surface area contributed by atoms with E-state index >= 15 is 0 Å². The average Bonchev–Trinajstić information content (AvgIpc) is 2.09. The molecule has 0 rings (SSSR count). The van der Waals surface area contributed by atoms with Crippen molar-refractivity contribution in [1.82, 2.24) is 0 Å². The first-order valence-corrected chi connectivity index (χ1v) is 4.22. The van der Waals surface area contributed by atoms with Gasteiger partial charge < -0.3 is 19.7 Å². The van der Waals surface area contributed by atoms with Crippen molar-refractivity contribution in [3.63, 3.8) is 0 Å². The molecule has 1 atom stereocenters. The molecular weight excluding hydrogens is 160 g/mol. The van der Waals surface area contributed by atoms with Crippen molar-refractivity contribution in [2.45, 2.75) is 19.4 Å². The Morgan fingerprint density at radius 1 is 1.08 bits per heavy atom. The maximum absolute atomic E-state index is 8.44. The molecule has 0 saturated carbocycles. The maximum atomic E-state index is 8.44. The molecule has 0 heterocycles. The maximum Gasteiger partial charge on any atom is 0.0701 e. The Bertz CT molecular complexity index is 87.1. The Kier molecular flexibility index (Phi) is 8.81. The van der Waals surface area contributed by atoms with E-state index in [1.165, 1.54) is 0 Å². The van der Waals surface area contributed by atoms with E-state index in [1.54, 1.807) is 0 Å². The van der Waals surface area contributed by atoms with Crippen LogP contribution in [0, 0.1) is 0 Å². The lowest BCUT2D eigenvalue weighted by Crippen LogP contribution is -2.14. The molecule has 0 spiro atoms. The van der Waals surface area contributed by atoms with Gasteiger partial charge in [0, 0.05) is 6.61 Å². The predicted molar refractivity (Wildman–Crippen MR) is 45.0 cm³/mol. The number of aliphatic hydroxyl groups is 2. The van der Waals surface area contributed by atoms with E-state index < -0.39 is 0 Å². The van der Waals surface area contributed by atoms with Crippen LogP contribution in [0.15, 0.2) is 0 Å². The van der Waals surface area contributed by atoms with E-state index in [-0.39, 0.29) is 19.3 Å². The fourth-order valence-electron chi connectivity index (χ4n) is 0.753. The Morgan fingerprint density at radius 3 is 2.33 bits per heavy atom. The second-order valence-electron chi connectivity index (χ2n) is 2.53. The summed E-state index contributed by atoms with van der Waals surface area (Å²) >= 11 is 0. The van der Waals surface area contributed by atoms with Gasteiger partial charge in [0.15, 0.2) is 0 Å². The van der Waals surface area contributed by atoms with E-state index in [0.29, 0.717) is 19.8 Å². The third-order valence-corrected chi connectivity index (χ3v) is 1.40. The molecule has 2 N–H and O–H groups in total. The van der Waals surface area contributed by atoms with Gasteiger partial charge in [-0.15, -0.1) is 0 Å². The second kappa shape index (κ2) is 8.93. The number of hydrogen-bond acceptors (Lipinski definition) is 4. The molecule has 1 unspecified atom stereocenters. The minimum absolute atomic E-state index is 0.0574. The quantitative estimate of drug-likeness (QED) is 0.505. The van der Waals surface area contributed by atoms with Crippen LogP contribution in [0.3, 0.4) is 0 Å². The summed E-state index contributed by atoms with van der Waals surface area (Å²) < 4.78 is 10.2. The van der Waals surface area contributed by atoms with Crippen molar-refractivity contribution < 1.29 is 19.7 Å². The van der Waals surface area contributed by atoms with Gasteiger partial charge in [0.05, 0.1) is 32.5 Å². The van der Waals surface area contributed by atoms with Gasteiger partial charge in [0.25, 0.3) is 0 Å². The molecule has 0 aromatic rings. The van der Waals surface area contributed by atoms with Crippen molar-refractivity contribution in [2.75, 3.05) is 33.0 Å². The lowest BCUT2D eigenvalue weighted by Gasteiger charge is -2.11. The van der Waals surface area contributed by atoms with Gasteiger partial charge in [-0.25, -0.2) is 0 Å². The van der Waals surface area contributed by atoms with Gasteiger partial charge in [-0.3, -0.25) is 0 Å². The van der Waals surface area contributed by atoms with Crippen LogP contribution in [0.4, 0.5) is 0 Å². The lowest BCUT2D eigenvalue weighted by molar-refractivity contribution is 0.0100. The SMILES string of the molecule is CC(CCOCCO)OCCO. The zero-order valence-corrected chi connectivity index (χ0v) is 7.53. The normalized spacial score (nSPS) is 13.2. The minimum Gasteiger partial charge on any atom is -0.394 e. The molecular formula is C8H18O4. The molecule has 0 aliphatic rings. The molecule has 0 amide bonds. The molecule has 0 aliphatic heterocycles. The molecule has 0 bridgehead atoms. The van der Waals surface area contributed by atoms with E-state index in [2.05, 4.69) is 0 Å². The van der Waals surface area contributed by atoms with Crippen LogP contribution in [0.2, 0.25) is 0 Å². The number of rotatable bonds is 8. The first kappa shape index (κ1) is 11.8. The molecule has 4 nitrogen and oxygen atoms in total. The van der Waals surface area contributed by atoms with Crippen molar-refractivity contribution in [3.8, 4) is 0 Å². The Labute approximate surface area is 73.1 Å². The first-order chi connectivity index (χ1) is 5.81. The highest BCUT2D eigenvalue weighted by Crippen LogP contribution is 1.96. The van der Waals surface area contributed by atoms with E-state index in [9.17, 15) is 0 Å². The monoisotopic (exact) mass is 178 g/mol. The van der Waals surface area contributed by atoms with Crippen LogP contribution in [0.1, 0.15) is 13.3 Å². The van der Waals surface area contributed by atoms with Crippen LogP contribution in [-0.2, 0) is 9.47 Å². The third kappa shape index (κ3) is 7.94. The summed E-state index contributed by atoms with van der Waals surface area (Å²) in [6.07, 6.45) is 0.899. The van der Waals surface area contributed by atoms with E-state index in [1.807, 2.05) is 6.92 Å². The summed E-state index contributed by atoms with van der Waals surface area (Å²) in [5.41, 5.74) is 0. The fourth-order valence-corrected chi connectivity index (χ4v) is 0.753. The molecule has 74 valence electrons. The fraction of sp³-hybridized carbons (Fsp3) is 1.00. The zero-order valence-electron chi connectivity index (χ0n) is 7.53. The number of hydrogen-bond donors (Lipinski definition) is 2. The summed E-state index contributed by atoms with van der Waals surface area (Å²) in [5, 5.41) is 16.8. The van der Waals surface area contributed by atoms with Crippen LogP contribution in [0.25, 0.3) is 0 Å². The molecule has 0 aromatic carbocycles. The number of ether oxygens (including phenoxy) is 2. The second-order valence-corrected chi connectivity index (χ2v) is 2.53. The smallest absolute Gasteiger partial charge is 0.0701 e. The van der Waals surface area contributed by atoms with Crippen LogP contribution >= 0.6 is 0 Å². The van der Waals surface area contributed by atoms with Gasteiger partial charge in [0.1, 0.15) is 0 Å². The zero-order chi connectivity index (χ0) is 9.23. The molecule has 0 fully saturated rings. The van der Waals surface area contributed by atoms with Crippen molar-refractivity contribution in [2.24, 2.45) is 0 Å². The number of aliphatic hydroxyl groups excluding tert-OH is 2. The topological polar surface area (TPSA) is 58.9 Å². The molecule has 4 heteroatoms. The molecule has 12 heavy (non-hydrogen) atoms. The molecule has 0 aromatic heterocycles. The van der Waals surface area contributed by atoms with Crippen LogP contribution in [-0.4, -0.2) is 49.4 Å². The molecule has 0 aliphatic carbocycles. The van der Waals surface area contributed by atoms with E-state index in [4.69, 9.17) is 19.7 Å². The molecule has 0 radical (unpaired) electrons. The Balaban J connectivity index is 3.02. The van der Waals surface area contributed by atoms with Crippen molar-refractivity contribution >= 4 is 0 Å². The summed E-state index contributed by atoms with van der Waals surface area (Å²) in [5.74, 6) is 0. The van der Waals surface area contributed by atoms with E-state index in [0.717, 1.165) is 6.42 Å². The predicted octanol–water partition coefficient (Wildman–Crippen LogP) is -0.217. The average molecular weight is 178 g/mol. The van der Waals surface area contributed by atoms with Gasteiger partial charge in [-0.05, 0) is 13.3 Å². The van der Waals surface area contributed by atoms with Crippen LogP contribution in [0.5, 0.6) is 0 Å². The van der Waals surface area contributed by atoms with Gasteiger partial charge in [-0.1, -0.05) is 0 Å². The summed E-state index contributed by atoms with van der Waals surface area (Å²) in [6, 6.07) is 0. The molecule has 0 saturated heterocycles. The summed E-state index contributed by atoms with van der Waals surface area (Å²) in [6.45, 7) is 3.40. The summed E-state index contributed by atoms with van der Waals surface area (Å²) in [4.78, 5) is 0. The minimum atomic E-state index is 0.0574. The Hall–Kier alpha value is -0.160. The van der Waals surface area contributed by atoms with Crippen LogP contribution < -0.4 is 0 Å². The standard InChI is InChI=1S/C8H18O4/c1-8(12-7-4-10)2-5-11-6-3-9/h8-10H,2-7H2,1H3. The highest BCUT2D eigenvalue weighted by Gasteiger charge is 2.00. The van der Waals surface area contributed by atoms with Gasteiger partial charge >= 0.3 is 0 Å². The summed E-state index contributed by atoms with van der Waals surface area (Å²) in [7, 11) is 0. The van der Waals surface area contributed by atoms with Crippen molar-refractivity contribution in [3.05, 3.63) is 0 Å². The lowest BCUT2D eigenvalue weighted by atomic mass is 10.3. The Morgan fingerprint density at radius 2 is 1.75 bits per heavy atom. The largest absolute Gasteiger partial charge is 0.394 e. The van der Waals surface area contributed by atoms with Crippen molar-refractivity contribution in [1.29, 1.82) is 0 Å². The van der Waals surface area contributed by atoms with Gasteiger partial charge in [0.2, 0.25) is 0 Å². The third-order valence-electron chi connectivity index (χ3n) is 1.40. The highest BCUT2D eigenvalue weighted by atomic mass is 16.5.